The Balaban J connectivity index is 1.33. The van der Waals surface area contributed by atoms with Crippen LogP contribution < -0.4 is 0 Å². The predicted molar refractivity (Wildman–Crippen MR) is 196 cm³/mol. The smallest absolute Gasteiger partial charge is 0.0441 e. The summed E-state index contributed by atoms with van der Waals surface area (Å²) in [6, 6.07) is 53.8. The zero-order chi connectivity index (χ0) is 28.8. The number of thiophene rings is 2. The van der Waals surface area contributed by atoms with Gasteiger partial charge in [0, 0.05) is 51.1 Å². The third kappa shape index (κ3) is 3.33. The maximum Gasteiger partial charge on any atom is 0.0441 e. The van der Waals surface area contributed by atoms with Crippen LogP contribution in [0.2, 0.25) is 0 Å². The molecule has 10 rings (SSSR count). The molecule has 0 saturated carbocycles. The summed E-state index contributed by atoms with van der Waals surface area (Å²) in [7, 11) is 0. The van der Waals surface area contributed by atoms with Gasteiger partial charge in [-0.3, -0.25) is 0 Å². The minimum Gasteiger partial charge on any atom is -0.135 e. The van der Waals surface area contributed by atoms with Crippen molar-refractivity contribution in [2.75, 3.05) is 0 Å². The van der Waals surface area contributed by atoms with Crippen LogP contribution in [0.5, 0.6) is 0 Å². The summed E-state index contributed by atoms with van der Waals surface area (Å²) < 4.78 is 5.47. The summed E-state index contributed by atoms with van der Waals surface area (Å²) in [4.78, 5) is 0. The Morgan fingerprint density at radius 3 is 1.32 bits per heavy atom. The van der Waals surface area contributed by atoms with Gasteiger partial charge in [0.2, 0.25) is 0 Å². The Morgan fingerprint density at radius 2 is 0.727 bits per heavy atom. The van der Waals surface area contributed by atoms with Crippen molar-refractivity contribution in [1.82, 2.24) is 0 Å². The summed E-state index contributed by atoms with van der Waals surface area (Å²) in [5.41, 5.74) is 5.14. The number of fused-ring (bicyclic) bond motifs is 12. The number of hydrogen-bond donors (Lipinski definition) is 0. The van der Waals surface area contributed by atoms with Crippen LogP contribution >= 0.6 is 22.7 Å². The Bertz CT molecular complexity index is 2700. The van der Waals surface area contributed by atoms with Crippen molar-refractivity contribution < 1.29 is 0 Å². The van der Waals surface area contributed by atoms with Crippen LogP contribution in [-0.2, 0) is 0 Å². The number of rotatable bonds is 2. The summed E-state index contributed by atoms with van der Waals surface area (Å²) in [6.45, 7) is 0. The molecule has 2 heteroatoms. The molecule has 0 atom stereocenters. The van der Waals surface area contributed by atoms with Crippen LogP contribution in [0, 0.1) is 0 Å². The van der Waals surface area contributed by atoms with Crippen molar-refractivity contribution in [2.45, 2.75) is 0 Å². The topological polar surface area (TPSA) is 0 Å². The van der Waals surface area contributed by atoms with E-state index in [1.807, 2.05) is 22.7 Å². The van der Waals surface area contributed by atoms with E-state index in [-0.39, 0.29) is 0 Å². The summed E-state index contributed by atoms with van der Waals surface area (Å²) >= 11 is 3.87. The van der Waals surface area contributed by atoms with Crippen LogP contribution in [0.1, 0.15) is 0 Å². The molecule has 8 aromatic carbocycles. The molecule has 0 bridgehead atoms. The Kier molecular flexibility index (Phi) is 5.13. The monoisotopic (exact) mass is 592 g/mol. The standard InChI is InChI=1S/C42H24S2/c1-2-12-25(13-3-1)37-27-14-4-6-16-29(27)38(30-17-7-5-15-28(30)37)26-22-23-34-36(24-26)44-42-32-19-9-8-18-31(32)41-39(40(34)42)33-20-10-11-21-35(33)43-41/h1-24H. The van der Waals surface area contributed by atoms with E-state index < -0.39 is 0 Å². The molecular weight excluding hydrogens is 569 g/mol. The van der Waals surface area contributed by atoms with E-state index in [1.165, 1.54) is 94.9 Å². The van der Waals surface area contributed by atoms with Gasteiger partial charge in [-0.2, -0.15) is 0 Å². The van der Waals surface area contributed by atoms with Crippen molar-refractivity contribution in [3.05, 3.63) is 146 Å². The molecule has 2 heterocycles. The first-order chi connectivity index (χ1) is 21.8. The van der Waals surface area contributed by atoms with Crippen LogP contribution in [-0.4, -0.2) is 0 Å². The molecule has 0 spiro atoms. The highest BCUT2D eigenvalue weighted by Crippen LogP contribution is 2.50. The maximum atomic E-state index is 2.45. The fourth-order valence-electron chi connectivity index (χ4n) is 7.41. The van der Waals surface area contributed by atoms with Crippen LogP contribution in [0.15, 0.2) is 146 Å². The Morgan fingerprint density at radius 1 is 0.295 bits per heavy atom. The van der Waals surface area contributed by atoms with Gasteiger partial charge in [-0.25, -0.2) is 0 Å². The highest BCUT2D eigenvalue weighted by Gasteiger charge is 2.20. The first-order valence-corrected chi connectivity index (χ1v) is 16.7. The fourth-order valence-corrected chi connectivity index (χ4v) is 9.94. The predicted octanol–water partition coefficient (Wildman–Crippen LogP) is 13.2. The molecule has 2 aromatic heterocycles. The molecule has 0 amide bonds. The minimum atomic E-state index is 1.25. The number of hydrogen-bond acceptors (Lipinski definition) is 2. The van der Waals surface area contributed by atoms with Crippen molar-refractivity contribution >= 4 is 95.3 Å². The first kappa shape index (κ1) is 24.4. The third-order valence-corrected chi connectivity index (χ3v) is 11.6. The van der Waals surface area contributed by atoms with E-state index in [4.69, 9.17) is 0 Å². The lowest BCUT2D eigenvalue weighted by atomic mass is 9.86. The summed E-state index contributed by atoms with van der Waals surface area (Å²) in [5.74, 6) is 0. The zero-order valence-corrected chi connectivity index (χ0v) is 25.3. The van der Waals surface area contributed by atoms with Gasteiger partial charge in [0.05, 0.1) is 0 Å². The van der Waals surface area contributed by atoms with E-state index in [1.54, 1.807) is 0 Å². The van der Waals surface area contributed by atoms with Crippen LogP contribution in [0.4, 0.5) is 0 Å². The molecule has 0 aliphatic rings. The second-order valence-electron chi connectivity index (χ2n) is 11.6. The van der Waals surface area contributed by atoms with Gasteiger partial charge in [0.1, 0.15) is 0 Å². The van der Waals surface area contributed by atoms with E-state index in [0.717, 1.165) is 0 Å². The van der Waals surface area contributed by atoms with Gasteiger partial charge in [-0.1, -0.05) is 133 Å². The zero-order valence-electron chi connectivity index (χ0n) is 23.7. The molecular formula is C42H24S2. The lowest BCUT2D eigenvalue weighted by molar-refractivity contribution is 1.66. The first-order valence-electron chi connectivity index (χ1n) is 15.0. The van der Waals surface area contributed by atoms with E-state index in [2.05, 4.69) is 146 Å². The minimum absolute atomic E-state index is 1.25. The normalized spacial score (nSPS) is 12.1. The van der Waals surface area contributed by atoms with Crippen LogP contribution in [0.25, 0.3) is 94.9 Å². The second kappa shape index (κ2) is 9.24. The second-order valence-corrected chi connectivity index (χ2v) is 13.7. The molecule has 10 aromatic rings. The molecule has 0 unspecified atom stereocenters. The SMILES string of the molecule is c1ccc(-c2c3ccccc3c(-c3ccc4c(c3)sc3c5ccccc5c5sc6ccccc6c5c43)c3ccccc23)cc1. The average Bonchev–Trinajstić information content (AvgIpc) is 3.66. The average molecular weight is 593 g/mol. The largest absolute Gasteiger partial charge is 0.135 e. The van der Waals surface area contributed by atoms with E-state index >= 15 is 0 Å². The Labute approximate surface area is 262 Å². The van der Waals surface area contributed by atoms with Gasteiger partial charge in [-0.05, 0) is 55.9 Å². The summed E-state index contributed by atoms with van der Waals surface area (Å²) in [5, 5.41) is 13.4. The highest BCUT2D eigenvalue weighted by atomic mass is 32.1. The van der Waals surface area contributed by atoms with Gasteiger partial charge in [0.15, 0.2) is 0 Å². The van der Waals surface area contributed by atoms with Crippen LogP contribution in [0.3, 0.4) is 0 Å². The molecule has 0 fully saturated rings. The maximum absolute atomic E-state index is 2.45. The fraction of sp³-hybridized carbons (Fsp3) is 0. The highest BCUT2D eigenvalue weighted by molar-refractivity contribution is 7.29. The molecule has 0 saturated heterocycles. The molecule has 44 heavy (non-hydrogen) atoms. The third-order valence-electron chi connectivity index (χ3n) is 9.23. The van der Waals surface area contributed by atoms with Gasteiger partial charge in [0.25, 0.3) is 0 Å². The molecule has 0 aliphatic heterocycles. The van der Waals surface area contributed by atoms with Gasteiger partial charge in [-0.15, -0.1) is 22.7 Å². The Hall–Kier alpha value is -5.02. The lowest BCUT2D eigenvalue weighted by Crippen LogP contribution is -1.90. The van der Waals surface area contributed by atoms with E-state index in [0.29, 0.717) is 0 Å². The molecule has 204 valence electrons. The van der Waals surface area contributed by atoms with Crippen molar-refractivity contribution in [1.29, 1.82) is 0 Å². The summed E-state index contributed by atoms with van der Waals surface area (Å²) in [6.07, 6.45) is 0. The van der Waals surface area contributed by atoms with Crippen molar-refractivity contribution in [3.63, 3.8) is 0 Å². The van der Waals surface area contributed by atoms with Gasteiger partial charge < -0.3 is 0 Å². The molecule has 0 aliphatic carbocycles. The lowest BCUT2D eigenvalue weighted by Gasteiger charge is -2.17. The molecule has 0 N–H and O–H groups in total. The van der Waals surface area contributed by atoms with Gasteiger partial charge >= 0.3 is 0 Å². The van der Waals surface area contributed by atoms with Crippen molar-refractivity contribution in [3.8, 4) is 22.3 Å². The van der Waals surface area contributed by atoms with E-state index in [9.17, 15) is 0 Å². The quantitative estimate of drug-likeness (QED) is 0.175. The number of benzene rings is 8. The molecule has 0 nitrogen and oxygen atoms in total. The van der Waals surface area contributed by atoms with Crippen molar-refractivity contribution in [2.24, 2.45) is 0 Å². The molecule has 0 radical (unpaired) electrons.